The van der Waals surface area contributed by atoms with Gasteiger partial charge in [-0.25, -0.2) is 4.79 Å². The van der Waals surface area contributed by atoms with Gasteiger partial charge in [0.1, 0.15) is 6.61 Å². The summed E-state index contributed by atoms with van der Waals surface area (Å²) in [6, 6.07) is 11.5. The van der Waals surface area contributed by atoms with Crippen LogP contribution in [0.25, 0.3) is 0 Å². The van der Waals surface area contributed by atoms with Crippen LogP contribution in [-0.2, 0) is 16.0 Å². The molecule has 0 radical (unpaired) electrons. The van der Waals surface area contributed by atoms with Crippen LogP contribution >= 0.6 is 23.2 Å². The number of amides is 1. The average molecular weight is 409 g/mol. The van der Waals surface area contributed by atoms with Crippen LogP contribution in [0.15, 0.2) is 36.4 Å². The van der Waals surface area contributed by atoms with Crippen LogP contribution in [0.2, 0.25) is 10.0 Å². The van der Waals surface area contributed by atoms with E-state index in [1.165, 1.54) is 0 Å². The summed E-state index contributed by atoms with van der Waals surface area (Å²) in [6.45, 7) is 2.25. The molecule has 2 aromatic rings. The van der Waals surface area contributed by atoms with E-state index < -0.39 is 6.09 Å². The van der Waals surface area contributed by atoms with Gasteiger partial charge in [-0.2, -0.15) is 0 Å². The summed E-state index contributed by atoms with van der Waals surface area (Å²) in [5.41, 5.74) is 4.09. The van der Waals surface area contributed by atoms with Gasteiger partial charge in [0.05, 0.1) is 6.61 Å². The predicted octanol–water partition coefficient (Wildman–Crippen LogP) is 4.77. The standard InChI is InChI=1S/C20H22Cl2N2O3/c1-24-11-17(16-9-14(21)10-19(22)18(16)12-24)13-3-5-15(6-4-13)23-20(25)27-8-7-26-2/h3-6,9-10,17H,7-8,11-12H2,1-2H3,(H,23,25)/t17-/m0/s1. The lowest BCUT2D eigenvalue weighted by atomic mass is 9.85. The van der Waals surface area contributed by atoms with Gasteiger partial charge in [0.2, 0.25) is 0 Å². The molecule has 0 aliphatic carbocycles. The highest BCUT2D eigenvalue weighted by Crippen LogP contribution is 2.38. The Kier molecular flexibility index (Phi) is 6.60. The Morgan fingerprint density at radius 3 is 2.67 bits per heavy atom. The number of carbonyl (C=O) groups is 1. The van der Waals surface area contributed by atoms with E-state index >= 15 is 0 Å². The van der Waals surface area contributed by atoms with E-state index in [0.717, 1.165) is 29.8 Å². The van der Waals surface area contributed by atoms with Crippen molar-refractivity contribution in [3.63, 3.8) is 0 Å². The second-order valence-corrected chi connectivity index (χ2v) is 7.42. The van der Waals surface area contributed by atoms with E-state index in [0.29, 0.717) is 22.3 Å². The molecule has 1 atom stereocenters. The zero-order valence-corrected chi connectivity index (χ0v) is 16.8. The molecule has 7 heteroatoms. The van der Waals surface area contributed by atoms with Crippen LogP contribution in [-0.4, -0.2) is 44.9 Å². The molecule has 0 saturated heterocycles. The van der Waals surface area contributed by atoms with E-state index in [9.17, 15) is 4.79 Å². The number of anilines is 1. The maximum atomic E-state index is 11.7. The molecule has 1 amide bonds. The zero-order valence-electron chi connectivity index (χ0n) is 15.3. The summed E-state index contributed by atoms with van der Waals surface area (Å²) in [5, 5.41) is 4.05. The van der Waals surface area contributed by atoms with Crippen molar-refractivity contribution < 1.29 is 14.3 Å². The SMILES string of the molecule is COCCOC(=O)Nc1ccc([C@@H]2CN(C)Cc3c(Cl)cc(Cl)cc32)cc1. The van der Waals surface area contributed by atoms with E-state index in [1.807, 2.05) is 30.3 Å². The van der Waals surface area contributed by atoms with Crippen molar-refractivity contribution in [2.75, 3.05) is 39.2 Å². The average Bonchev–Trinajstić information content (AvgIpc) is 2.63. The van der Waals surface area contributed by atoms with Crippen LogP contribution in [0.3, 0.4) is 0 Å². The third-order valence-electron chi connectivity index (χ3n) is 4.57. The summed E-state index contributed by atoms with van der Waals surface area (Å²) in [7, 11) is 3.63. The molecule has 0 saturated carbocycles. The molecule has 144 valence electrons. The summed E-state index contributed by atoms with van der Waals surface area (Å²) >= 11 is 12.7. The minimum Gasteiger partial charge on any atom is -0.447 e. The highest BCUT2D eigenvalue weighted by atomic mass is 35.5. The Morgan fingerprint density at radius 1 is 1.22 bits per heavy atom. The Morgan fingerprint density at radius 2 is 1.96 bits per heavy atom. The van der Waals surface area contributed by atoms with Gasteiger partial charge in [-0.05, 0) is 48.0 Å². The minimum absolute atomic E-state index is 0.164. The normalized spacial score (nSPS) is 16.7. The van der Waals surface area contributed by atoms with Gasteiger partial charge in [-0.3, -0.25) is 5.32 Å². The molecule has 1 aliphatic rings. The van der Waals surface area contributed by atoms with Gasteiger partial charge < -0.3 is 14.4 Å². The largest absolute Gasteiger partial charge is 0.447 e. The van der Waals surface area contributed by atoms with E-state index in [-0.39, 0.29) is 12.5 Å². The smallest absolute Gasteiger partial charge is 0.411 e. The molecule has 0 aromatic heterocycles. The number of nitrogens with zero attached hydrogens (tertiary/aromatic N) is 1. The van der Waals surface area contributed by atoms with Gasteiger partial charge in [0, 0.05) is 41.8 Å². The van der Waals surface area contributed by atoms with Crippen molar-refractivity contribution in [3.8, 4) is 0 Å². The fourth-order valence-electron chi connectivity index (χ4n) is 3.30. The van der Waals surface area contributed by atoms with Gasteiger partial charge in [-0.15, -0.1) is 0 Å². The first-order valence-corrected chi connectivity index (χ1v) is 9.42. The Labute approximate surface area is 169 Å². The Hall–Kier alpha value is -1.79. The summed E-state index contributed by atoms with van der Waals surface area (Å²) < 4.78 is 9.86. The van der Waals surface area contributed by atoms with E-state index in [4.69, 9.17) is 32.7 Å². The molecule has 1 N–H and O–H groups in total. The summed E-state index contributed by atoms with van der Waals surface area (Å²) in [4.78, 5) is 14.0. The molecular weight excluding hydrogens is 387 g/mol. The van der Waals surface area contributed by atoms with Crippen LogP contribution in [0.4, 0.5) is 10.5 Å². The molecule has 27 heavy (non-hydrogen) atoms. The van der Waals surface area contributed by atoms with Gasteiger partial charge in [0.15, 0.2) is 0 Å². The number of halogens is 2. The van der Waals surface area contributed by atoms with Gasteiger partial charge >= 0.3 is 6.09 Å². The molecule has 0 fully saturated rings. The topological polar surface area (TPSA) is 50.8 Å². The molecule has 0 spiro atoms. The first kappa shape index (κ1) is 20.0. The van der Waals surface area contributed by atoms with Crippen molar-refractivity contribution in [1.82, 2.24) is 4.90 Å². The third-order valence-corrected chi connectivity index (χ3v) is 5.13. The monoisotopic (exact) mass is 408 g/mol. The second kappa shape index (κ2) is 8.93. The fourth-order valence-corrected chi connectivity index (χ4v) is 3.87. The third kappa shape index (κ3) is 4.93. The molecule has 0 bridgehead atoms. The fraction of sp³-hybridized carbons (Fsp3) is 0.350. The van der Waals surface area contributed by atoms with Crippen LogP contribution in [0.5, 0.6) is 0 Å². The maximum Gasteiger partial charge on any atom is 0.411 e. The highest BCUT2D eigenvalue weighted by molar-refractivity contribution is 6.35. The number of likely N-dealkylation sites (N-methyl/N-ethyl adjacent to an activating group) is 1. The molecule has 5 nitrogen and oxygen atoms in total. The minimum atomic E-state index is -0.499. The Bertz CT molecular complexity index is 812. The number of fused-ring (bicyclic) bond motifs is 1. The van der Waals surface area contributed by atoms with Crippen LogP contribution < -0.4 is 5.32 Å². The molecule has 1 aliphatic heterocycles. The first-order valence-electron chi connectivity index (χ1n) is 8.67. The molecule has 3 rings (SSSR count). The summed E-state index contributed by atoms with van der Waals surface area (Å²) in [5.74, 6) is 0.164. The number of methoxy groups -OCH3 is 1. The van der Waals surface area contributed by atoms with Crippen molar-refractivity contribution in [3.05, 3.63) is 63.1 Å². The molecule has 1 heterocycles. The lowest BCUT2D eigenvalue weighted by Crippen LogP contribution is -2.31. The van der Waals surface area contributed by atoms with Crippen LogP contribution in [0.1, 0.15) is 22.6 Å². The van der Waals surface area contributed by atoms with Crippen molar-refractivity contribution in [1.29, 1.82) is 0 Å². The number of carbonyl (C=O) groups excluding carboxylic acids is 1. The number of nitrogens with one attached hydrogen (secondary N) is 1. The number of ether oxygens (including phenoxy) is 2. The highest BCUT2D eigenvalue weighted by Gasteiger charge is 2.27. The lowest BCUT2D eigenvalue weighted by molar-refractivity contribution is 0.107. The Balaban J connectivity index is 1.77. The number of benzene rings is 2. The van der Waals surface area contributed by atoms with Crippen molar-refractivity contribution in [2.24, 2.45) is 0 Å². The van der Waals surface area contributed by atoms with Gasteiger partial charge in [-0.1, -0.05) is 35.3 Å². The zero-order chi connectivity index (χ0) is 19.4. The lowest BCUT2D eigenvalue weighted by Gasteiger charge is -2.33. The predicted molar refractivity (Wildman–Crippen MR) is 108 cm³/mol. The molecule has 2 aromatic carbocycles. The first-order chi connectivity index (χ1) is 13.0. The van der Waals surface area contributed by atoms with E-state index in [2.05, 4.69) is 17.3 Å². The van der Waals surface area contributed by atoms with Crippen molar-refractivity contribution >= 4 is 35.0 Å². The number of hydrogen-bond donors (Lipinski definition) is 1. The number of hydrogen-bond acceptors (Lipinski definition) is 4. The summed E-state index contributed by atoms with van der Waals surface area (Å²) in [6.07, 6.45) is -0.499. The van der Waals surface area contributed by atoms with Crippen molar-refractivity contribution in [2.45, 2.75) is 12.5 Å². The molecular formula is C20H22Cl2N2O3. The quantitative estimate of drug-likeness (QED) is 0.724. The molecule has 0 unspecified atom stereocenters. The number of rotatable bonds is 5. The van der Waals surface area contributed by atoms with E-state index in [1.54, 1.807) is 13.2 Å². The van der Waals surface area contributed by atoms with Crippen LogP contribution in [0, 0.1) is 0 Å². The van der Waals surface area contributed by atoms with Gasteiger partial charge in [0.25, 0.3) is 0 Å². The second-order valence-electron chi connectivity index (χ2n) is 6.58. The maximum absolute atomic E-state index is 11.7.